The molecule has 19 heavy (non-hydrogen) atoms. The zero-order valence-electron chi connectivity index (χ0n) is 9.18. The van der Waals surface area contributed by atoms with Crippen molar-refractivity contribution >= 4 is 5.78 Å². The van der Waals surface area contributed by atoms with Crippen LogP contribution in [0.5, 0.6) is 0 Å². The van der Waals surface area contributed by atoms with Crippen LogP contribution in [-0.4, -0.2) is 5.78 Å². The van der Waals surface area contributed by atoms with E-state index in [-0.39, 0.29) is 0 Å². The Morgan fingerprint density at radius 3 is 1.95 bits per heavy atom. The number of carbonyl (C=O) groups excluding carboxylic acids is 1. The van der Waals surface area contributed by atoms with Crippen molar-refractivity contribution < 1.29 is 26.7 Å². The van der Waals surface area contributed by atoms with Gasteiger partial charge < -0.3 is 0 Å². The van der Waals surface area contributed by atoms with Gasteiger partial charge in [-0.25, -0.2) is 22.0 Å². The maximum atomic E-state index is 13.4. The van der Waals surface area contributed by atoms with Crippen LogP contribution in [-0.2, 0) is 0 Å². The first-order valence-electron chi connectivity index (χ1n) is 5.05. The molecule has 1 nitrogen and oxygen atoms in total. The fraction of sp³-hybridized carbons (Fsp3) is 0. The maximum absolute atomic E-state index is 13.4. The summed E-state index contributed by atoms with van der Waals surface area (Å²) in [6.45, 7) is 0. The highest BCUT2D eigenvalue weighted by molar-refractivity contribution is 6.09. The van der Waals surface area contributed by atoms with Crippen molar-refractivity contribution in [2.24, 2.45) is 0 Å². The van der Waals surface area contributed by atoms with Gasteiger partial charge >= 0.3 is 0 Å². The molecule has 0 aliphatic rings. The van der Waals surface area contributed by atoms with E-state index in [9.17, 15) is 26.7 Å². The van der Waals surface area contributed by atoms with Crippen LogP contribution in [0.3, 0.4) is 0 Å². The number of benzene rings is 2. The Morgan fingerprint density at radius 2 is 1.26 bits per heavy atom. The molecule has 6 heteroatoms. The van der Waals surface area contributed by atoms with Crippen molar-refractivity contribution in [3.8, 4) is 0 Å². The van der Waals surface area contributed by atoms with Crippen molar-refractivity contribution in [1.29, 1.82) is 0 Å². The molecule has 0 unspecified atom stereocenters. The smallest absolute Gasteiger partial charge is 0.199 e. The van der Waals surface area contributed by atoms with Crippen LogP contribution < -0.4 is 0 Å². The van der Waals surface area contributed by atoms with Gasteiger partial charge in [-0.1, -0.05) is 6.07 Å². The van der Waals surface area contributed by atoms with Crippen molar-refractivity contribution in [2.45, 2.75) is 0 Å². The van der Waals surface area contributed by atoms with Gasteiger partial charge in [0.15, 0.2) is 34.9 Å². The minimum Gasteiger partial charge on any atom is -0.288 e. The summed E-state index contributed by atoms with van der Waals surface area (Å²) in [6, 6.07) is 3.93. The van der Waals surface area contributed by atoms with Gasteiger partial charge in [-0.05, 0) is 24.3 Å². The first-order chi connectivity index (χ1) is 8.93. The van der Waals surface area contributed by atoms with E-state index in [1.54, 1.807) is 0 Å². The Hall–Kier alpha value is -2.24. The quantitative estimate of drug-likeness (QED) is 0.463. The fourth-order valence-corrected chi connectivity index (χ4v) is 1.53. The van der Waals surface area contributed by atoms with Gasteiger partial charge in [0.05, 0.1) is 11.1 Å². The summed E-state index contributed by atoms with van der Waals surface area (Å²) in [4.78, 5) is 11.8. The molecule has 0 spiro atoms. The van der Waals surface area contributed by atoms with Gasteiger partial charge in [0.25, 0.3) is 0 Å². The number of carbonyl (C=O) groups is 1. The van der Waals surface area contributed by atoms with Gasteiger partial charge in [-0.2, -0.15) is 0 Å². The van der Waals surface area contributed by atoms with E-state index < -0.39 is 46.0 Å². The molecule has 0 bridgehead atoms. The Balaban J connectivity index is 2.57. The third-order valence-corrected chi connectivity index (χ3v) is 2.48. The van der Waals surface area contributed by atoms with E-state index in [4.69, 9.17) is 0 Å². The second-order valence-electron chi connectivity index (χ2n) is 3.65. The second kappa shape index (κ2) is 4.79. The number of halogens is 5. The molecule has 2 aromatic rings. The lowest BCUT2D eigenvalue weighted by molar-refractivity contribution is 0.102. The molecule has 0 aromatic heterocycles. The minimum atomic E-state index is -1.84. The predicted molar refractivity (Wildman–Crippen MR) is 56.1 cm³/mol. The normalized spacial score (nSPS) is 10.6. The molecule has 0 radical (unpaired) electrons. The largest absolute Gasteiger partial charge is 0.288 e. The first kappa shape index (κ1) is 13.2. The molecule has 0 saturated heterocycles. The summed E-state index contributed by atoms with van der Waals surface area (Å²) in [5.41, 5.74) is -1.63. The number of ketones is 1. The zero-order valence-corrected chi connectivity index (χ0v) is 9.18. The van der Waals surface area contributed by atoms with Crippen LogP contribution >= 0.6 is 0 Å². The summed E-state index contributed by atoms with van der Waals surface area (Å²) in [7, 11) is 0. The highest BCUT2D eigenvalue weighted by Crippen LogP contribution is 2.21. The van der Waals surface area contributed by atoms with E-state index >= 15 is 0 Å². The SMILES string of the molecule is O=C(c1cccc(F)c1F)c1ccc(F)c(F)c1F. The Morgan fingerprint density at radius 1 is 0.684 bits per heavy atom. The molecule has 0 heterocycles. The van der Waals surface area contributed by atoms with Crippen LogP contribution in [0.2, 0.25) is 0 Å². The third-order valence-electron chi connectivity index (χ3n) is 2.48. The maximum Gasteiger partial charge on any atom is 0.199 e. The zero-order chi connectivity index (χ0) is 14.2. The van der Waals surface area contributed by atoms with Crippen LogP contribution in [0.15, 0.2) is 30.3 Å². The van der Waals surface area contributed by atoms with E-state index in [1.807, 2.05) is 0 Å². The first-order valence-corrected chi connectivity index (χ1v) is 5.05. The van der Waals surface area contributed by atoms with Gasteiger partial charge in [0, 0.05) is 0 Å². The molecule has 98 valence electrons. The van der Waals surface area contributed by atoms with Crippen molar-refractivity contribution in [3.05, 3.63) is 70.5 Å². The van der Waals surface area contributed by atoms with E-state index in [2.05, 4.69) is 0 Å². The molecular formula is C13H5F5O. The predicted octanol–water partition coefficient (Wildman–Crippen LogP) is 3.61. The lowest BCUT2D eigenvalue weighted by Crippen LogP contribution is -2.10. The molecule has 0 atom stereocenters. The highest BCUT2D eigenvalue weighted by atomic mass is 19.2. The average molecular weight is 272 g/mol. The van der Waals surface area contributed by atoms with Gasteiger partial charge in [-0.3, -0.25) is 4.79 Å². The minimum absolute atomic E-state index is 0.531. The lowest BCUT2D eigenvalue weighted by atomic mass is 10.0. The molecule has 0 N–H and O–H groups in total. The van der Waals surface area contributed by atoms with Crippen molar-refractivity contribution in [2.75, 3.05) is 0 Å². The van der Waals surface area contributed by atoms with Crippen LogP contribution in [0.25, 0.3) is 0 Å². The van der Waals surface area contributed by atoms with Crippen LogP contribution in [0.1, 0.15) is 15.9 Å². The number of hydrogen-bond donors (Lipinski definition) is 0. The standard InChI is InChI=1S/C13H5F5O/c14-8-3-1-2-6(10(8)16)13(19)7-4-5-9(15)12(18)11(7)17/h1-5H. The fourth-order valence-electron chi connectivity index (χ4n) is 1.53. The van der Waals surface area contributed by atoms with Gasteiger partial charge in [-0.15, -0.1) is 0 Å². The molecule has 0 saturated carbocycles. The highest BCUT2D eigenvalue weighted by Gasteiger charge is 2.23. The van der Waals surface area contributed by atoms with E-state index in [0.29, 0.717) is 12.1 Å². The Labute approximate surface area is 104 Å². The van der Waals surface area contributed by atoms with E-state index in [0.717, 1.165) is 18.2 Å². The Kier molecular flexibility index (Phi) is 3.33. The Bertz CT molecular complexity index is 666. The van der Waals surface area contributed by atoms with Gasteiger partial charge in [0.1, 0.15) is 0 Å². The lowest BCUT2D eigenvalue weighted by Gasteiger charge is -2.05. The van der Waals surface area contributed by atoms with Crippen LogP contribution in [0.4, 0.5) is 22.0 Å². The molecule has 0 aliphatic carbocycles. The average Bonchev–Trinajstić information content (AvgIpc) is 2.39. The molecule has 0 amide bonds. The van der Waals surface area contributed by atoms with Crippen molar-refractivity contribution in [3.63, 3.8) is 0 Å². The molecule has 0 aliphatic heterocycles. The summed E-state index contributed by atoms with van der Waals surface area (Å²) in [5, 5.41) is 0. The van der Waals surface area contributed by atoms with Crippen molar-refractivity contribution in [1.82, 2.24) is 0 Å². The molecule has 2 rings (SSSR count). The molecule has 2 aromatic carbocycles. The summed E-state index contributed by atoms with van der Waals surface area (Å²) in [5.74, 6) is -9.11. The summed E-state index contributed by atoms with van der Waals surface area (Å²) in [6.07, 6.45) is 0. The van der Waals surface area contributed by atoms with Crippen LogP contribution in [0, 0.1) is 29.1 Å². The van der Waals surface area contributed by atoms with Gasteiger partial charge in [0.2, 0.25) is 0 Å². The monoisotopic (exact) mass is 272 g/mol. The number of rotatable bonds is 2. The summed E-state index contributed by atoms with van der Waals surface area (Å²) < 4.78 is 65.4. The topological polar surface area (TPSA) is 17.1 Å². The molecule has 0 fully saturated rings. The summed E-state index contributed by atoms with van der Waals surface area (Å²) >= 11 is 0. The van der Waals surface area contributed by atoms with E-state index in [1.165, 1.54) is 0 Å². The third kappa shape index (κ3) is 2.21. The second-order valence-corrected chi connectivity index (χ2v) is 3.65. The molecular weight excluding hydrogens is 267 g/mol. The number of hydrogen-bond acceptors (Lipinski definition) is 1.